The van der Waals surface area contributed by atoms with E-state index in [0.717, 1.165) is 31.9 Å². The summed E-state index contributed by atoms with van der Waals surface area (Å²) in [4.78, 5) is -0.0895. The number of alkyl halides is 2. The van der Waals surface area contributed by atoms with Gasteiger partial charge in [-0.2, -0.15) is 8.78 Å². The molecule has 0 radical (unpaired) electrons. The summed E-state index contributed by atoms with van der Waals surface area (Å²) in [7, 11) is -3.78. The molecule has 1 fully saturated rings. The molecule has 2 unspecified atom stereocenters. The van der Waals surface area contributed by atoms with Gasteiger partial charge in [0.15, 0.2) is 0 Å². The zero-order chi connectivity index (χ0) is 16.2. The molecular weight excluding hydrogens is 314 g/mol. The highest BCUT2D eigenvalue weighted by atomic mass is 32.2. The summed E-state index contributed by atoms with van der Waals surface area (Å²) in [6.45, 7) is -0.328. The molecular formula is C14H20F2N2O3S. The Morgan fingerprint density at radius 2 is 2.14 bits per heavy atom. The van der Waals surface area contributed by atoms with E-state index in [1.165, 1.54) is 18.2 Å². The molecule has 2 atom stereocenters. The van der Waals surface area contributed by atoms with Crippen LogP contribution in [-0.4, -0.2) is 33.7 Å². The van der Waals surface area contributed by atoms with Crippen LogP contribution in [0.25, 0.3) is 0 Å². The Kier molecular flexibility index (Phi) is 5.71. The smallest absolute Gasteiger partial charge is 0.387 e. The van der Waals surface area contributed by atoms with Crippen molar-refractivity contribution in [2.45, 2.75) is 49.8 Å². The molecule has 0 amide bonds. The Balaban J connectivity index is 2.09. The van der Waals surface area contributed by atoms with E-state index in [-0.39, 0.29) is 22.7 Å². The molecule has 22 heavy (non-hydrogen) atoms. The van der Waals surface area contributed by atoms with Crippen LogP contribution in [0.15, 0.2) is 29.2 Å². The fourth-order valence-corrected chi connectivity index (χ4v) is 3.84. The van der Waals surface area contributed by atoms with Gasteiger partial charge in [0.1, 0.15) is 5.75 Å². The Hall–Kier alpha value is -1.25. The van der Waals surface area contributed by atoms with Crippen molar-refractivity contribution >= 4 is 10.0 Å². The van der Waals surface area contributed by atoms with Crippen LogP contribution in [0.4, 0.5) is 8.78 Å². The average molecular weight is 334 g/mol. The maximum Gasteiger partial charge on any atom is 0.387 e. The van der Waals surface area contributed by atoms with Gasteiger partial charge in [0.05, 0.1) is 4.90 Å². The van der Waals surface area contributed by atoms with E-state index in [2.05, 4.69) is 14.8 Å². The molecule has 8 heteroatoms. The van der Waals surface area contributed by atoms with Gasteiger partial charge in [-0.1, -0.05) is 12.5 Å². The van der Waals surface area contributed by atoms with Gasteiger partial charge in [-0.3, -0.25) is 0 Å². The Morgan fingerprint density at radius 3 is 2.77 bits per heavy atom. The molecule has 0 aliphatic carbocycles. The molecule has 2 rings (SSSR count). The first-order valence-electron chi connectivity index (χ1n) is 7.19. The molecule has 1 aromatic carbocycles. The predicted molar refractivity (Wildman–Crippen MR) is 78.5 cm³/mol. The fourth-order valence-electron chi connectivity index (χ4n) is 2.52. The van der Waals surface area contributed by atoms with Crippen molar-refractivity contribution in [2.75, 3.05) is 6.54 Å². The van der Waals surface area contributed by atoms with Gasteiger partial charge in [0.2, 0.25) is 10.0 Å². The van der Waals surface area contributed by atoms with E-state index >= 15 is 0 Å². The van der Waals surface area contributed by atoms with Crippen molar-refractivity contribution < 1.29 is 21.9 Å². The first-order chi connectivity index (χ1) is 10.4. The standard InChI is InChI=1S/C14H20F2N2O3S/c1-10(13-7-2-3-8-17-13)18-22(19,20)12-6-4-5-11(9-12)21-14(15)16/h4-6,9-10,13-14,17-18H,2-3,7-8H2,1H3. The number of hydrogen-bond acceptors (Lipinski definition) is 4. The summed E-state index contributed by atoms with van der Waals surface area (Å²) in [5.41, 5.74) is 0. The third-order valence-electron chi connectivity index (χ3n) is 3.63. The Morgan fingerprint density at radius 1 is 1.36 bits per heavy atom. The number of nitrogens with one attached hydrogen (secondary N) is 2. The molecule has 1 aromatic rings. The minimum Gasteiger partial charge on any atom is -0.435 e. The van der Waals surface area contributed by atoms with Gasteiger partial charge >= 0.3 is 6.61 Å². The highest BCUT2D eigenvalue weighted by Gasteiger charge is 2.25. The lowest BCUT2D eigenvalue weighted by Crippen LogP contribution is -2.50. The monoisotopic (exact) mass is 334 g/mol. The molecule has 1 heterocycles. The number of hydrogen-bond donors (Lipinski definition) is 2. The predicted octanol–water partition coefficient (Wildman–Crippen LogP) is 2.10. The van der Waals surface area contributed by atoms with Crippen molar-refractivity contribution in [1.29, 1.82) is 0 Å². The fraction of sp³-hybridized carbons (Fsp3) is 0.571. The number of halogens is 2. The zero-order valence-corrected chi connectivity index (χ0v) is 13.1. The van der Waals surface area contributed by atoms with E-state index < -0.39 is 16.6 Å². The van der Waals surface area contributed by atoms with Gasteiger partial charge in [0.25, 0.3) is 0 Å². The second kappa shape index (κ2) is 7.34. The first kappa shape index (κ1) is 17.1. The van der Waals surface area contributed by atoms with Crippen molar-refractivity contribution in [3.8, 4) is 5.75 Å². The van der Waals surface area contributed by atoms with Crippen LogP contribution in [0.5, 0.6) is 5.75 Å². The lowest BCUT2D eigenvalue weighted by atomic mass is 10.00. The number of ether oxygens (including phenoxy) is 1. The van der Waals surface area contributed by atoms with Crippen molar-refractivity contribution in [3.63, 3.8) is 0 Å². The molecule has 0 saturated carbocycles. The van der Waals surface area contributed by atoms with E-state index in [1.54, 1.807) is 6.92 Å². The Bertz CT molecular complexity index is 590. The van der Waals surface area contributed by atoms with Crippen LogP contribution in [-0.2, 0) is 10.0 Å². The van der Waals surface area contributed by atoms with Crippen molar-refractivity contribution in [1.82, 2.24) is 10.0 Å². The van der Waals surface area contributed by atoms with Gasteiger partial charge in [0, 0.05) is 18.2 Å². The molecule has 2 N–H and O–H groups in total. The highest BCUT2D eigenvalue weighted by Crippen LogP contribution is 2.20. The van der Waals surface area contributed by atoms with Gasteiger partial charge < -0.3 is 10.1 Å². The number of piperidine rings is 1. The first-order valence-corrected chi connectivity index (χ1v) is 8.67. The quantitative estimate of drug-likeness (QED) is 0.836. The maximum atomic E-state index is 12.3. The molecule has 0 aromatic heterocycles. The van der Waals surface area contributed by atoms with E-state index in [9.17, 15) is 17.2 Å². The maximum absolute atomic E-state index is 12.3. The average Bonchev–Trinajstić information content (AvgIpc) is 2.47. The summed E-state index contributed by atoms with van der Waals surface area (Å²) >= 11 is 0. The summed E-state index contributed by atoms with van der Waals surface area (Å²) < 4.78 is 55.9. The Labute approximate surface area is 129 Å². The second-order valence-electron chi connectivity index (χ2n) is 5.32. The van der Waals surface area contributed by atoms with Crippen LogP contribution >= 0.6 is 0 Å². The van der Waals surface area contributed by atoms with Crippen LogP contribution < -0.4 is 14.8 Å². The topological polar surface area (TPSA) is 67.4 Å². The molecule has 0 spiro atoms. The molecule has 0 bridgehead atoms. The third-order valence-corrected chi connectivity index (χ3v) is 5.19. The highest BCUT2D eigenvalue weighted by molar-refractivity contribution is 7.89. The lowest BCUT2D eigenvalue weighted by Gasteiger charge is -2.29. The number of rotatable bonds is 6. The normalized spacial score (nSPS) is 20.8. The second-order valence-corrected chi connectivity index (χ2v) is 7.03. The number of sulfonamides is 1. The number of benzene rings is 1. The summed E-state index contributed by atoms with van der Waals surface area (Å²) in [6, 6.07) is 4.89. The van der Waals surface area contributed by atoms with Crippen molar-refractivity contribution in [3.05, 3.63) is 24.3 Å². The van der Waals surface area contributed by atoms with E-state index in [4.69, 9.17) is 0 Å². The molecule has 1 aliphatic heterocycles. The summed E-state index contributed by atoms with van der Waals surface area (Å²) in [6.07, 6.45) is 3.04. The third kappa shape index (κ3) is 4.62. The molecule has 5 nitrogen and oxygen atoms in total. The van der Waals surface area contributed by atoms with Crippen molar-refractivity contribution in [2.24, 2.45) is 0 Å². The molecule has 1 saturated heterocycles. The van der Waals surface area contributed by atoms with Crippen LogP contribution in [0.3, 0.4) is 0 Å². The SMILES string of the molecule is CC(NS(=O)(=O)c1cccc(OC(F)F)c1)C1CCCCN1. The summed E-state index contributed by atoms with van der Waals surface area (Å²) in [5.74, 6) is -0.179. The van der Waals surface area contributed by atoms with Gasteiger partial charge in [-0.25, -0.2) is 13.1 Å². The summed E-state index contributed by atoms with van der Waals surface area (Å²) in [5, 5.41) is 3.28. The van der Waals surface area contributed by atoms with Gasteiger partial charge in [-0.15, -0.1) is 0 Å². The van der Waals surface area contributed by atoms with Crippen LogP contribution in [0.2, 0.25) is 0 Å². The minimum absolute atomic E-state index is 0.0732. The van der Waals surface area contributed by atoms with E-state index in [0.29, 0.717) is 0 Å². The van der Waals surface area contributed by atoms with Gasteiger partial charge in [-0.05, 0) is 38.4 Å². The molecule has 1 aliphatic rings. The lowest BCUT2D eigenvalue weighted by molar-refractivity contribution is -0.0499. The van der Waals surface area contributed by atoms with E-state index in [1.807, 2.05) is 0 Å². The minimum atomic E-state index is -3.78. The molecule has 124 valence electrons. The zero-order valence-electron chi connectivity index (χ0n) is 12.3. The van der Waals surface area contributed by atoms with Crippen LogP contribution in [0.1, 0.15) is 26.2 Å². The largest absolute Gasteiger partial charge is 0.435 e. The van der Waals surface area contributed by atoms with Crippen LogP contribution in [0, 0.1) is 0 Å².